The maximum Gasteiger partial charge on any atom is 0.211 e. The largest absolute Gasteiger partial charge is 1.00 e. The van der Waals surface area contributed by atoms with Crippen LogP contribution in [0.5, 0.6) is 0 Å². The summed E-state index contributed by atoms with van der Waals surface area (Å²) in [6.07, 6.45) is 3.86. The molecule has 21 heavy (non-hydrogen) atoms. The molecule has 6 nitrogen and oxygen atoms in total. The summed E-state index contributed by atoms with van der Waals surface area (Å²) in [5.41, 5.74) is 2.16. The second-order valence-electron chi connectivity index (χ2n) is 4.32. The molecule has 0 spiro atoms. The van der Waals surface area contributed by atoms with Crippen LogP contribution < -0.4 is 28.5 Å². The first-order valence-corrected chi connectivity index (χ1v) is 6.02. The minimum atomic E-state index is 0. The van der Waals surface area contributed by atoms with Crippen LogP contribution in [0.15, 0.2) is 48.8 Å². The number of pyridine rings is 1. The van der Waals surface area contributed by atoms with E-state index in [-0.39, 0.29) is 24.0 Å². The lowest BCUT2D eigenvalue weighted by atomic mass is 10.2. The molecule has 0 aliphatic rings. The number of hydrogen-bond acceptors (Lipinski definition) is 4. The third-order valence-corrected chi connectivity index (χ3v) is 2.82. The van der Waals surface area contributed by atoms with Crippen LogP contribution in [0.25, 0.3) is 17.1 Å². The van der Waals surface area contributed by atoms with Crippen LogP contribution >= 0.6 is 0 Å². The maximum atomic E-state index is 8.90. The monoisotopic (exact) mass is 390 g/mol. The number of aromatic nitrogens is 5. The molecule has 2 aromatic heterocycles. The van der Waals surface area contributed by atoms with Gasteiger partial charge in [0, 0.05) is 6.07 Å². The minimum Gasteiger partial charge on any atom is -1.00 e. The summed E-state index contributed by atoms with van der Waals surface area (Å²) in [4.78, 5) is 1.42. The molecule has 0 aliphatic heterocycles. The molecule has 0 atom stereocenters. The minimum absolute atomic E-state index is 0. The topological polar surface area (TPSA) is 71.3 Å². The Kier molecular flexibility index (Phi) is 4.59. The molecule has 0 unspecified atom stereocenters. The van der Waals surface area contributed by atoms with Crippen molar-refractivity contribution in [3.63, 3.8) is 0 Å². The van der Waals surface area contributed by atoms with Gasteiger partial charge in [-0.25, -0.2) is 4.57 Å². The highest BCUT2D eigenvalue weighted by Gasteiger charge is 2.10. The zero-order valence-electron chi connectivity index (χ0n) is 11.2. The number of benzene rings is 1. The van der Waals surface area contributed by atoms with Crippen LogP contribution in [0.2, 0.25) is 0 Å². The van der Waals surface area contributed by atoms with Gasteiger partial charge >= 0.3 is 0 Å². The number of nitriles is 1. The van der Waals surface area contributed by atoms with Crippen molar-refractivity contribution in [3.05, 3.63) is 54.4 Å². The van der Waals surface area contributed by atoms with E-state index in [1.54, 1.807) is 18.2 Å². The number of rotatable bonds is 2. The van der Waals surface area contributed by atoms with Crippen LogP contribution in [0.4, 0.5) is 0 Å². The Labute approximate surface area is 138 Å². The van der Waals surface area contributed by atoms with Gasteiger partial charge in [0.05, 0.1) is 22.9 Å². The fourth-order valence-electron chi connectivity index (χ4n) is 1.86. The van der Waals surface area contributed by atoms with Crippen molar-refractivity contribution >= 4 is 0 Å². The number of nitrogens with zero attached hydrogens (tertiary/aromatic N) is 6. The molecule has 104 valence electrons. The summed E-state index contributed by atoms with van der Waals surface area (Å²) in [6.45, 7) is 0. The molecular weight excluding hydrogens is 379 g/mol. The third kappa shape index (κ3) is 3.22. The second kappa shape index (κ2) is 6.41. The molecule has 0 radical (unpaired) electrons. The lowest BCUT2D eigenvalue weighted by Gasteiger charge is -1.97. The summed E-state index contributed by atoms with van der Waals surface area (Å²) in [5, 5.41) is 21.3. The standard InChI is InChI=1S/C14H11N6.HI/c1-19-7-3-5-12(10-19)14-16-18-20(17-14)13-6-2-4-11(8-13)9-15;/h2-8,10H,1H3;1H/q+1;/p-1. The molecule has 0 aliphatic carbocycles. The Morgan fingerprint density at radius 3 is 2.86 bits per heavy atom. The van der Waals surface area contributed by atoms with E-state index in [0.717, 1.165) is 5.56 Å². The van der Waals surface area contributed by atoms with Crippen LogP contribution in [-0.4, -0.2) is 20.2 Å². The third-order valence-electron chi connectivity index (χ3n) is 2.82. The molecule has 0 saturated carbocycles. The van der Waals surface area contributed by atoms with E-state index in [0.29, 0.717) is 17.1 Å². The molecule has 0 bridgehead atoms. The molecule has 0 saturated heterocycles. The Bertz CT molecular complexity index is 805. The maximum absolute atomic E-state index is 8.90. The fourth-order valence-corrected chi connectivity index (χ4v) is 1.86. The van der Waals surface area contributed by atoms with E-state index in [4.69, 9.17) is 5.26 Å². The van der Waals surface area contributed by atoms with E-state index in [9.17, 15) is 0 Å². The normalized spacial score (nSPS) is 9.71. The Morgan fingerprint density at radius 1 is 1.24 bits per heavy atom. The average molecular weight is 390 g/mol. The van der Waals surface area contributed by atoms with Gasteiger partial charge in [-0.05, 0) is 29.5 Å². The molecule has 7 heteroatoms. The zero-order chi connectivity index (χ0) is 13.9. The molecule has 0 N–H and O–H groups in total. The first-order chi connectivity index (χ1) is 9.76. The van der Waals surface area contributed by atoms with Crippen molar-refractivity contribution in [2.75, 3.05) is 0 Å². The number of halogens is 1. The Morgan fingerprint density at radius 2 is 2.10 bits per heavy atom. The number of tetrazole rings is 1. The zero-order valence-corrected chi connectivity index (χ0v) is 13.3. The number of hydrogen-bond donors (Lipinski definition) is 0. The van der Waals surface area contributed by atoms with Gasteiger partial charge in [0.15, 0.2) is 12.4 Å². The summed E-state index contributed by atoms with van der Waals surface area (Å²) in [6, 6.07) is 13.0. The highest BCUT2D eigenvalue weighted by molar-refractivity contribution is 5.51. The molecule has 0 amide bonds. The predicted octanol–water partition coefficient (Wildman–Crippen LogP) is -1.97. The van der Waals surface area contributed by atoms with Crippen molar-refractivity contribution in [1.29, 1.82) is 5.26 Å². The van der Waals surface area contributed by atoms with E-state index >= 15 is 0 Å². The van der Waals surface area contributed by atoms with Crippen molar-refractivity contribution in [2.45, 2.75) is 0 Å². The van der Waals surface area contributed by atoms with E-state index in [2.05, 4.69) is 21.5 Å². The smallest absolute Gasteiger partial charge is 0.211 e. The Balaban J connectivity index is 0.00000161. The van der Waals surface area contributed by atoms with Gasteiger partial charge in [0.1, 0.15) is 7.05 Å². The van der Waals surface area contributed by atoms with Crippen LogP contribution in [0, 0.1) is 11.3 Å². The van der Waals surface area contributed by atoms with Gasteiger partial charge < -0.3 is 24.0 Å². The fraction of sp³-hybridized carbons (Fsp3) is 0.0714. The summed E-state index contributed by atoms with van der Waals surface area (Å²) >= 11 is 0. The van der Waals surface area contributed by atoms with E-state index in [1.807, 2.05) is 42.2 Å². The van der Waals surface area contributed by atoms with E-state index in [1.165, 1.54) is 4.80 Å². The summed E-state index contributed by atoms with van der Waals surface area (Å²) < 4.78 is 1.92. The predicted molar refractivity (Wildman–Crippen MR) is 70.5 cm³/mol. The lowest BCUT2D eigenvalue weighted by Crippen LogP contribution is -3.00. The first kappa shape index (κ1) is 15.1. The molecule has 2 heterocycles. The molecule has 3 aromatic rings. The Hall–Kier alpha value is -2.34. The van der Waals surface area contributed by atoms with Crippen LogP contribution in [0.3, 0.4) is 0 Å². The van der Waals surface area contributed by atoms with Crippen molar-refractivity contribution in [2.24, 2.45) is 7.05 Å². The highest BCUT2D eigenvalue weighted by Crippen LogP contribution is 2.13. The van der Waals surface area contributed by atoms with Gasteiger partial charge in [-0.15, -0.1) is 15.0 Å². The molecule has 3 rings (SSSR count). The van der Waals surface area contributed by atoms with Gasteiger partial charge in [0.25, 0.3) is 0 Å². The first-order valence-electron chi connectivity index (χ1n) is 6.02. The van der Waals surface area contributed by atoms with Crippen LogP contribution in [0.1, 0.15) is 5.56 Å². The summed E-state index contributed by atoms with van der Waals surface area (Å²) in [7, 11) is 1.93. The van der Waals surface area contributed by atoms with E-state index < -0.39 is 0 Å². The van der Waals surface area contributed by atoms with Gasteiger partial charge in [-0.3, -0.25) is 0 Å². The summed E-state index contributed by atoms with van der Waals surface area (Å²) in [5.74, 6) is 0.545. The molecular formula is C14H11IN6. The molecule has 1 aromatic carbocycles. The second-order valence-corrected chi connectivity index (χ2v) is 4.32. The van der Waals surface area contributed by atoms with Crippen molar-refractivity contribution in [1.82, 2.24) is 20.2 Å². The number of aryl methyl sites for hydroxylation is 1. The quantitative estimate of drug-likeness (QED) is 0.376. The van der Waals surface area contributed by atoms with Crippen LogP contribution in [-0.2, 0) is 7.05 Å². The SMILES string of the molecule is C[n+]1cccc(-c2nnn(-c3cccc(C#N)c3)n2)c1.[I-]. The van der Waals surface area contributed by atoms with Crippen molar-refractivity contribution in [3.8, 4) is 23.1 Å². The average Bonchev–Trinajstić information content (AvgIpc) is 2.97. The molecule has 0 fully saturated rings. The van der Waals surface area contributed by atoms with Gasteiger partial charge in [-0.2, -0.15) is 5.26 Å². The lowest BCUT2D eigenvalue weighted by molar-refractivity contribution is -0.671. The van der Waals surface area contributed by atoms with Gasteiger partial charge in [-0.1, -0.05) is 6.07 Å². The van der Waals surface area contributed by atoms with Crippen molar-refractivity contribution < 1.29 is 28.5 Å². The highest BCUT2D eigenvalue weighted by atomic mass is 127. The van der Waals surface area contributed by atoms with Gasteiger partial charge in [0.2, 0.25) is 5.82 Å².